The summed E-state index contributed by atoms with van der Waals surface area (Å²) in [5, 5.41) is 4.57. The number of para-hydroxylation sites is 1. The molecule has 25 heavy (non-hydrogen) atoms. The van der Waals surface area contributed by atoms with Gasteiger partial charge < -0.3 is 4.74 Å². The van der Waals surface area contributed by atoms with Crippen molar-refractivity contribution in [3.63, 3.8) is 0 Å². The largest absolute Gasteiger partial charge is 0.457 e. The molecule has 2 heterocycles. The van der Waals surface area contributed by atoms with E-state index >= 15 is 0 Å². The second kappa shape index (κ2) is 7.07. The van der Waals surface area contributed by atoms with Gasteiger partial charge in [0.15, 0.2) is 11.6 Å². The fraction of sp³-hybridized carbons (Fsp3) is 0.300. The smallest absolute Gasteiger partial charge is 0.165 e. The molecule has 4 rings (SSSR count). The van der Waals surface area contributed by atoms with Crippen LogP contribution >= 0.6 is 0 Å². The van der Waals surface area contributed by atoms with E-state index in [1.165, 1.54) is 12.8 Å². The maximum atomic E-state index is 5.84. The standard InChI is InChI=1S/C20H22N4O/c1-23-20(21-19(22-23)15-24-13-5-6-14-24)16-9-11-18(12-10-16)25-17-7-3-2-4-8-17/h2-4,7-12H,5-6,13-15H2,1H3. The van der Waals surface area contributed by atoms with Crippen LogP contribution in [0.3, 0.4) is 0 Å². The van der Waals surface area contributed by atoms with E-state index in [4.69, 9.17) is 9.72 Å². The highest BCUT2D eigenvalue weighted by molar-refractivity contribution is 5.56. The van der Waals surface area contributed by atoms with E-state index in [9.17, 15) is 0 Å². The molecule has 1 aromatic heterocycles. The summed E-state index contributed by atoms with van der Waals surface area (Å²) in [4.78, 5) is 7.14. The number of rotatable bonds is 5. The molecule has 3 aromatic rings. The van der Waals surface area contributed by atoms with E-state index in [2.05, 4.69) is 10.00 Å². The molecule has 0 atom stereocenters. The molecule has 0 saturated carbocycles. The number of benzene rings is 2. The van der Waals surface area contributed by atoms with E-state index in [0.29, 0.717) is 0 Å². The van der Waals surface area contributed by atoms with Gasteiger partial charge in [-0.05, 0) is 62.3 Å². The van der Waals surface area contributed by atoms with Crippen LogP contribution in [0, 0.1) is 0 Å². The highest BCUT2D eigenvalue weighted by atomic mass is 16.5. The van der Waals surface area contributed by atoms with Crippen molar-refractivity contribution >= 4 is 0 Å². The molecule has 1 saturated heterocycles. The van der Waals surface area contributed by atoms with Crippen LogP contribution in [-0.2, 0) is 13.6 Å². The van der Waals surface area contributed by atoms with Gasteiger partial charge in [-0.1, -0.05) is 18.2 Å². The zero-order valence-corrected chi connectivity index (χ0v) is 14.4. The molecule has 1 aliphatic heterocycles. The fourth-order valence-corrected chi connectivity index (χ4v) is 3.19. The van der Waals surface area contributed by atoms with Crippen molar-refractivity contribution in [2.45, 2.75) is 19.4 Å². The van der Waals surface area contributed by atoms with Crippen LogP contribution in [0.4, 0.5) is 0 Å². The van der Waals surface area contributed by atoms with Gasteiger partial charge >= 0.3 is 0 Å². The molecular weight excluding hydrogens is 312 g/mol. The van der Waals surface area contributed by atoms with E-state index < -0.39 is 0 Å². The molecule has 5 heteroatoms. The normalized spacial score (nSPS) is 14.8. The molecule has 0 bridgehead atoms. The summed E-state index contributed by atoms with van der Waals surface area (Å²) in [5.41, 5.74) is 1.04. The lowest BCUT2D eigenvalue weighted by Crippen LogP contribution is -2.19. The minimum atomic E-state index is 0.814. The van der Waals surface area contributed by atoms with Crippen LogP contribution in [-0.4, -0.2) is 32.8 Å². The van der Waals surface area contributed by atoms with Crippen LogP contribution in [0.25, 0.3) is 11.4 Å². The lowest BCUT2D eigenvalue weighted by Gasteiger charge is -2.10. The van der Waals surface area contributed by atoms with Crippen molar-refractivity contribution in [1.29, 1.82) is 0 Å². The van der Waals surface area contributed by atoms with E-state index in [0.717, 1.165) is 48.3 Å². The molecule has 0 radical (unpaired) electrons. The van der Waals surface area contributed by atoms with Crippen molar-refractivity contribution in [1.82, 2.24) is 19.7 Å². The Labute approximate surface area is 147 Å². The Morgan fingerprint density at radius 1 is 0.920 bits per heavy atom. The van der Waals surface area contributed by atoms with Crippen molar-refractivity contribution in [3.8, 4) is 22.9 Å². The zero-order chi connectivity index (χ0) is 17.1. The molecule has 0 unspecified atom stereocenters. The van der Waals surface area contributed by atoms with Crippen LogP contribution in [0.15, 0.2) is 54.6 Å². The zero-order valence-electron chi connectivity index (χ0n) is 14.4. The van der Waals surface area contributed by atoms with Gasteiger partial charge in [0.2, 0.25) is 0 Å². The Morgan fingerprint density at radius 2 is 1.60 bits per heavy atom. The summed E-state index contributed by atoms with van der Waals surface area (Å²) in [7, 11) is 1.95. The van der Waals surface area contributed by atoms with E-state index in [1.54, 1.807) is 0 Å². The second-order valence-electron chi connectivity index (χ2n) is 6.40. The van der Waals surface area contributed by atoms with Crippen molar-refractivity contribution < 1.29 is 4.74 Å². The molecule has 1 aliphatic rings. The van der Waals surface area contributed by atoms with Gasteiger partial charge in [0, 0.05) is 12.6 Å². The molecule has 2 aromatic carbocycles. The van der Waals surface area contributed by atoms with Gasteiger partial charge in [0.1, 0.15) is 11.5 Å². The number of nitrogens with zero attached hydrogens (tertiary/aromatic N) is 4. The molecule has 5 nitrogen and oxygen atoms in total. The first-order valence-corrected chi connectivity index (χ1v) is 8.73. The quantitative estimate of drug-likeness (QED) is 0.710. The Bertz CT molecular complexity index is 821. The summed E-state index contributed by atoms with van der Waals surface area (Å²) >= 11 is 0. The fourth-order valence-electron chi connectivity index (χ4n) is 3.19. The average Bonchev–Trinajstić information content (AvgIpc) is 3.27. The number of aromatic nitrogens is 3. The van der Waals surface area contributed by atoms with Crippen LogP contribution in [0.1, 0.15) is 18.7 Å². The topological polar surface area (TPSA) is 43.2 Å². The third-order valence-electron chi connectivity index (χ3n) is 4.46. The maximum Gasteiger partial charge on any atom is 0.165 e. The molecule has 0 spiro atoms. The summed E-state index contributed by atoms with van der Waals surface area (Å²) in [6.07, 6.45) is 2.56. The van der Waals surface area contributed by atoms with Crippen molar-refractivity contribution in [2.24, 2.45) is 7.05 Å². The van der Waals surface area contributed by atoms with Crippen molar-refractivity contribution in [3.05, 3.63) is 60.4 Å². The Morgan fingerprint density at radius 3 is 2.32 bits per heavy atom. The molecule has 0 N–H and O–H groups in total. The van der Waals surface area contributed by atoms with Gasteiger partial charge in [0.25, 0.3) is 0 Å². The Hall–Kier alpha value is -2.66. The summed E-state index contributed by atoms with van der Waals surface area (Å²) in [6.45, 7) is 3.14. The summed E-state index contributed by atoms with van der Waals surface area (Å²) < 4.78 is 7.70. The summed E-state index contributed by atoms with van der Waals surface area (Å²) in [5.74, 6) is 3.43. The third kappa shape index (κ3) is 3.72. The molecule has 0 amide bonds. The third-order valence-corrected chi connectivity index (χ3v) is 4.46. The number of likely N-dealkylation sites (tertiary alicyclic amines) is 1. The Kier molecular flexibility index (Phi) is 4.48. The predicted molar refractivity (Wildman–Crippen MR) is 97.5 cm³/mol. The predicted octanol–water partition coefficient (Wildman–Crippen LogP) is 3.87. The van der Waals surface area contributed by atoms with E-state index in [1.807, 2.05) is 66.3 Å². The van der Waals surface area contributed by atoms with Gasteiger partial charge in [0.05, 0.1) is 6.54 Å². The first kappa shape index (κ1) is 15.8. The number of hydrogen-bond acceptors (Lipinski definition) is 4. The minimum Gasteiger partial charge on any atom is -0.457 e. The monoisotopic (exact) mass is 334 g/mol. The molecule has 1 fully saturated rings. The number of ether oxygens (including phenoxy) is 1. The Balaban J connectivity index is 1.49. The highest BCUT2D eigenvalue weighted by Crippen LogP contribution is 2.25. The number of aryl methyl sites for hydroxylation is 1. The van der Waals surface area contributed by atoms with Crippen LogP contribution in [0.2, 0.25) is 0 Å². The maximum absolute atomic E-state index is 5.84. The van der Waals surface area contributed by atoms with Gasteiger partial charge in [-0.15, -0.1) is 0 Å². The number of hydrogen-bond donors (Lipinski definition) is 0. The highest BCUT2D eigenvalue weighted by Gasteiger charge is 2.16. The first-order chi connectivity index (χ1) is 12.3. The molecule has 128 valence electrons. The van der Waals surface area contributed by atoms with Crippen LogP contribution < -0.4 is 4.74 Å². The van der Waals surface area contributed by atoms with E-state index in [-0.39, 0.29) is 0 Å². The van der Waals surface area contributed by atoms with Crippen molar-refractivity contribution in [2.75, 3.05) is 13.1 Å². The SMILES string of the molecule is Cn1nc(CN2CCCC2)nc1-c1ccc(Oc2ccccc2)cc1. The first-order valence-electron chi connectivity index (χ1n) is 8.73. The van der Waals surface area contributed by atoms with Gasteiger partial charge in [-0.2, -0.15) is 5.10 Å². The minimum absolute atomic E-state index is 0.814. The van der Waals surface area contributed by atoms with Gasteiger partial charge in [-0.25, -0.2) is 9.67 Å². The van der Waals surface area contributed by atoms with Gasteiger partial charge in [-0.3, -0.25) is 4.90 Å². The molecule has 0 aliphatic carbocycles. The lowest BCUT2D eigenvalue weighted by molar-refractivity contribution is 0.322. The lowest BCUT2D eigenvalue weighted by atomic mass is 10.2. The second-order valence-corrected chi connectivity index (χ2v) is 6.40. The molecular formula is C20H22N4O. The average molecular weight is 334 g/mol. The van der Waals surface area contributed by atoms with Crippen LogP contribution in [0.5, 0.6) is 11.5 Å². The summed E-state index contributed by atoms with van der Waals surface area (Å²) in [6, 6.07) is 17.8.